The molecule has 0 saturated carbocycles. The molecule has 3 rings (SSSR count). The van der Waals surface area contributed by atoms with Gasteiger partial charge in [0.1, 0.15) is 11.6 Å². The molecule has 1 aromatic heterocycles. The van der Waals surface area contributed by atoms with Gasteiger partial charge in [-0.3, -0.25) is 0 Å². The predicted octanol–water partition coefficient (Wildman–Crippen LogP) is 4.91. The Labute approximate surface area is 187 Å². The molecule has 2 N–H and O–H groups in total. The maximum Gasteiger partial charge on any atom is 0.573 e. The number of aromatic nitrogens is 2. The van der Waals surface area contributed by atoms with Gasteiger partial charge in [-0.15, -0.1) is 13.2 Å². The zero-order valence-corrected chi connectivity index (χ0v) is 17.9. The lowest BCUT2D eigenvalue weighted by atomic mass is 10.1. The summed E-state index contributed by atoms with van der Waals surface area (Å²) >= 11 is 0. The van der Waals surface area contributed by atoms with Crippen molar-refractivity contribution >= 4 is 11.8 Å². The number of nitrogens with zero attached hydrogens (tertiary/aromatic N) is 3. The van der Waals surface area contributed by atoms with Crippen molar-refractivity contribution in [3.63, 3.8) is 0 Å². The third kappa shape index (κ3) is 7.56. The monoisotopic (exact) mass is 467 g/mol. The fraction of sp³-hybridized carbons (Fsp3) is 0.273. The number of halogens is 5. The molecule has 0 spiro atoms. The molecule has 0 atom stereocenters. The van der Waals surface area contributed by atoms with Gasteiger partial charge in [0.2, 0.25) is 5.95 Å². The standard InChI is InChI=1S/C22H22F5N5O/c1-32(2)9-8-28-21-30-19(15-4-3-5-16(11-15)33-22(25,26)27)12-20(31-21)29-13-14-6-7-17(23)18(24)10-14/h3-7,10-12H,8-9,13H2,1-2H3,(H2,28,29,30,31). The summed E-state index contributed by atoms with van der Waals surface area (Å²) in [4.78, 5) is 10.7. The Bertz CT molecular complexity index is 1090. The lowest BCUT2D eigenvalue weighted by Crippen LogP contribution is -2.21. The highest BCUT2D eigenvalue weighted by Crippen LogP contribution is 2.28. The van der Waals surface area contributed by atoms with E-state index in [9.17, 15) is 22.0 Å². The Morgan fingerprint density at radius 1 is 0.939 bits per heavy atom. The van der Waals surface area contributed by atoms with E-state index >= 15 is 0 Å². The number of alkyl halides is 3. The molecule has 176 valence electrons. The highest BCUT2D eigenvalue weighted by molar-refractivity contribution is 5.66. The van der Waals surface area contributed by atoms with Gasteiger partial charge in [0.05, 0.1) is 5.69 Å². The van der Waals surface area contributed by atoms with Gasteiger partial charge in [-0.05, 0) is 43.9 Å². The van der Waals surface area contributed by atoms with Gasteiger partial charge < -0.3 is 20.3 Å². The van der Waals surface area contributed by atoms with Crippen LogP contribution in [0.25, 0.3) is 11.3 Å². The van der Waals surface area contributed by atoms with Crippen LogP contribution in [0.2, 0.25) is 0 Å². The first-order valence-corrected chi connectivity index (χ1v) is 9.91. The van der Waals surface area contributed by atoms with E-state index in [2.05, 4.69) is 25.3 Å². The first-order valence-electron chi connectivity index (χ1n) is 9.91. The summed E-state index contributed by atoms with van der Waals surface area (Å²) < 4.78 is 68.4. The summed E-state index contributed by atoms with van der Waals surface area (Å²) in [5.74, 6) is -1.69. The number of anilines is 2. The molecule has 11 heteroatoms. The number of likely N-dealkylation sites (N-methyl/N-ethyl adjacent to an activating group) is 1. The molecule has 0 bridgehead atoms. The Morgan fingerprint density at radius 3 is 2.42 bits per heavy atom. The number of ether oxygens (including phenoxy) is 1. The molecule has 0 aliphatic carbocycles. The lowest BCUT2D eigenvalue weighted by Gasteiger charge is -2.14. The van der Waals surface area contributed by atoms with E-state index < -0.39 is 18.0 Å². The van der Waals surface area contributed by atoms with Crippen LogP contribution in [0.15, 0.2) is 48.5 Å². The van der Waals surface area contributed by atoms with Crippen LogP contribution in [-0.2, 0) is 6.54 Å². The predicted molar refractivity (Wildman–Crippen MR) is 115 cm³/mol. The van der Waals surface area contributed by atoms with E-state index in [-0.39, 0.29) is 18.2 Å². The van der Waals surface area contributed by atoms with Crippen molar-refractivity contribution in [3.05, 3.63) is 65.7 Å². The van der Waals surface area contributed by atoms with E-state index in [1.807, 2.05) is 19.0 Å². The maximum absolute atomic E-state index is 13.5. The molecule has 0 amide bonds. The van der Waals surface area contributed by atoms with Gasteiger partial charge >= 0.3 is 6.36 Å². The average Bonchev–Trinajstić information content (AvgIpc) is 2.73. The number of hydrogen-bond acceptors (Lipinski definition) is 6. The molecule has 0 fully saturated rings. The van der Waals surface area contributed by atoms with E-state index in [1.54, 1.807) is 12.1 Å². The van der Waals surface area contributed by atoms with E-state index in [4.69, 9.17) is 0 Å². The number of hydrogen-bond donors (Lipinski definition) is 2. The van der Waals surface area contributed by atoms with Crippen LogP contribution >= 0.6 is 0 Å². The lowest BCUT2D eigenvalue weighted by molar-refractivity contribution is -0.274. The summed E-state index contributed by atoms with van der Waals surface area (Å²) in [6.45, 7) is 1.36. The summed E-state index contributed by atoms with van der Waals surface area (Å²) in [7, 11) is 3.81. The molecular formula is C22H22F5N5O. The van der Waals surface area contributed by atoms with Crippen molar-refractivity contribution in [1.29, 1.82) is 0 Å². The van der Waals surface area contributed by atoms with Crippen molar-refractivity contribution in [2.75, 3.05) is 37.8 Å². The Morgan fingerprint density at radius 2 is 1.73 bits per heavy atom. The van der Waals surface area contributed by atoms with Crippen LogP contribution in [0.3, 0.4) is 0 Å². The van der Waals surface area contributed by atoms with Crippen LogP contribution in [0.1, 0.15) is 5.56 Å². The second kappa shape index (κ2) is 10.4. The minimum absolute atomic E-state index is 0.141. The van der Waals surface area contributed by atoms with Crippen LogP contribution in [0.4, 0.5) is 33.7 Å². The van der Waals surface area contributed by atoms with E-state index in [0.717, 1.165) is 12.1 Å². The van der Waals surface area contributed by atoms with Gasteiger partial charge in [0.15, 0.2) is 11.6 Å². The normalized spacial score (nSPS) is 11.5. The van der Waals surface area contributed by atoms with E-state index in [1.165, 1.54) is 24.3 Å². The molecule has 33 heavy (non-hydrogen) atoms. The summed E-state index contributed by atoms with van der Waals surface area (Å²) in [5.41, 5.74) is 1.21. The fourth-order valence-electron chi connectivity index (χ4n) is 2.85. The second-order valence-corrected chi connectivity index (χ2v) is 7.37. The van der Waals surface area contributed by atoms with Crippen LogP contribution in [-0.4, -0.2) is 48.4 Å². The van der Waals surface area contributed by atoms with Crippen molar-refractivity contribution < 1.29 is 26.7 Å². The summed E-state index contributed by atoms with van der Waals surface area (Å²) in [6.07, 6.45) is -4.82. The van der Waals surface area contributed by atoms with Gasteiger partial charge in [-0.2, -0.15) is 4.98 Å². The highest BCUT2D eigenvalue weighted by Gasteiger charge is 2.31. The third-order valence-corrected chi connectivity index (χ3v) is 4.39. The van der Waals surface area contributed by atoms with Gasteiger partial charge in [-0.25, -0.2) is 13.8 Å². The fourth-order valence-corrected chi connectivity index (χ4v) is 2.85. The van der Waals surface area contributed by atoms with Crippen molar-refractivity contribution in [3.8, 4) is 17.0 Å². The molecule has 0 radical (unpaired) electrons. The minimum atomic E-state index is -4.82. The summed E-state index contributed by atoms with van der Waals surface area (Å²) in [6, 6.07) is 10.5. The van der Waals surface area contributed by atoms with Gasteiger partial charge in [0.25, 0.3) is 0 Å². The quantitative estimate of drug-likeness (QED) is 0.437. The minimum Gasteiger partial charge on any atom is -0.406 e. The second-order valence-electron chi connectivity index (χ2n) is 7.37. The van der Waals surface area contributed by atoms with Gasteiger partial charge in [0, 0.05) is 31.3 Å². The first kappa shape index (κ1) is 24.2. The van der Waals surface area contributed by atoms with Crippen molar-refractivity contribution in [2.24, 2.45) is 0 Å². The molecule has 1 heterocycles. The van der Waals surface area contributed by atoms with E-state index in [0.29, 0.717) is 35.7 Å². The zero-order valence-electron chi connectivity index (χ0n) is 17.9. The zero-order chi connectivity index (χ0) is 24.0. The number of benzene rings is 2. The Hall–Kier alpha value is -3.47. The average molecular weight is 467 g/mol. The smallest absolute Gasteiger partial charge is 0.406 e. The molecule has 0 unspecified atom stereocenters. The molecular weight excluding hydrogens is 445 g/mol. The molecule has 6 nitrogen and oxygen atoms in total. The summed E-state index contributed by atoms with van der Waals surface area (Å²) in [5, 5.41) is 6.08. The first-order chi connectivity index (χ1) is 15.6. The molecule has 0 saturated heterocycles. The topological polar surface area (TPSA) is 62.3 Å². The Kier molecular flexibility index (Phi) is 7.64. The highest BCUT2D eigenvalue weighted by atomic mass is 19.4. The van der Waals surface area contributed by atoms with Crippen molar-refractivity contribution in [2.45, 2.75) is 12.9 Å². The van der Waals surface area contributed by atoms with Crippen LogP contribution in [0, 0.1) is 11.6 Å². The molecule has 0 aliphatic heterocycles. The van der Waals surface area contributed by atoms with Gasteiger partial charge in [-0.1, -0.05) is 18.2 Å². The van der Waals surface area contributed by atoms with Crippen LogP contribution in [0.5, 0.6) is 5.75 Å². The number of nitrogens with one attached hydrogen (secondary N) is 2. The van der Waals surface area contributed by atoms with Crippen LogP contribution < -0.4 is 15.4 Å². The SMILES string of the molecule is CN(C)CCNc1nc(NCc2ccc(F)c(F)c2)cc(-c2cccc(OC(F)(F)F)c2)n1. The van der Waals surface area contributed by atoms with Crippen molar-refractivity contribution in [1.82, 2.24) is 14.9 Å². The Balaban J connectivity index is 1.87. The maximum atomic E-state index is 13.5. The largest absolute Gasteiger partial charge is 0.573 e. The number of rotatable bonds is 9. The molecule has 0 aliphatic rings. The molecule has 3 aromatic rings. The molecule has 2 aromatic carbocycles. The third-order valence-electron chi connectivity index (χ3n) is 4.39.